The first-order chi connectivity index (χ1) is 8.43. The van der Waals surface area contributed by atoms with Crippen molar-refractivity contribution in [3.8, 4) is 11.5 Å². The third kappa shape index (κ3) is 2.46. The molecule has 0 aromatic heterocycles. The maximum absolute atomic E-state index is 11.5. The van der Waals surface area contributed by atoms with Crippen LogP contribution in [0, 0.1) is 0 Å². The van der Waals surface area contributed by atoms with Crippen molar-refractivity contribution in [3.63, 3.8) is 0 Å². The molecule has 1 heterocycles. The molecule has 1 aliphatic rings. The third-order valence-electron chi connectivity index (χ3n) is 2.50. The Morgan fingerprint density at radius 2 is 2.06 bits per heavy atom. The SMILES string of the molecule is CN(C)C(=O)Nc1ccc2c(c1)OC(C)(CCl)O2. The van der Waals surface area contributed by atoms with E-state index in [0.29, 0.717) is 17.2 Å². The molecule has 1 N–H and O–H groups in total. The summed E-state index contributed by atoms with van der Waals surface area (Å²) in [5.74, 6) is 0.588. The molecule has 1 aliphatic heterocycles. The van der Waals surface area contributed by atoms with E-state index in [1.807, 2.05) is 0 Å². The Morgan fingerprint density at radius 1 is 1.39 bits per heavy atom. The number of carbonyl (C=O) groups excluding carboxylic acids is 1. The lowest BCUT2D eigenvalue weighted by molar-refractivity contribution is -0.0396. The van der Waals surface area contributed by atoms with E-state index in [9.17, 15) is 4.79 Å². The van der Waals surface area contributed by atoms with Gasteiger partial charge < -0.3 is 19.7 Å². The summed E-state index contributed by atoms with van der Waals surface area (Å²) in [6.07, 6.45) is 0. The fourth-order valence-electron chi connectivity index (χ4n) is 1.53. The predicted molar refractivity (Wildman–Crippen MR) is 69.5 cm³/mol. The van der Waals surface area contributed by atoms with Gasteiger partial charge in [-0.3, -0.25) is 0 Å². The second kappa shape index (κ2) is 4.57. The molecule has 98 valence electrons. The summed E-state index contributed by atoms with van der Waals surface area (Å²) in [7, 11) is 3.35. The summed E-state index contributed by atoms with van der Waals surface area (Å²) >= 11 is 5.78. The summed E-state index contributed by atoms with van der Waals surface area (Å²) in [5, 5.41) is 2.73. The second-order valence-corrected chi connectivity index (χ2v) is 4.72. The number of fused-ring (bicyclic) bond motifs is 1. The predicted octanol–water partition coefficient (Wildman–Crippen LogP) is 2.51. The van der Waals surface area contributed by atoms with Crippen LogP contribution >= 0.6 is 11.6 Å². The average molecular weight is 271 g/mol. The molecule has 1 aromatic carbocycles. The first-order valence-corrected chi connectivity index (χ1v) is 6.03. The van der Waals surface area contributed by atoms with Crippen LogP contribution in [-0.2, 0) is 0 Å². The van der Waals surface area contributed by atoms with Gasteiger partial charge in [-0.2, -0.15) is 0 Å². The van der Waals surface area contributed by atoms with Gasteiger partial charge in [0.15, 0.2) is 11.5 Å². The van der Waals surface area contributed by atoms with E-state index >= 15 is 0 Å². The molecule has 2 amide bonds. The zero-order chi connectivity index (χ0) is 13.3. The molecule has 1 unspecified atom stereocenters. The molecule has 6 heteroatoms. The number of ether oxygens (including phenoxy) is 2. The molecular weight excluding hydrogens is 256 g/mol. The van der Waals surface area contributed by atoms with Gasteiger partial charge in [0.2, 0.25) is 0 Å². The molecule has 0 aliphatic carbocycles. The summed E-state index contributed by atoms with van der Waals surface area (Å²) < 4.78 is 11.2. The summed E-state index contributed by atoms with van der Waals surface area (Å²) in [6.45, 7) is 1.76. The highest BCUT2D eigenvalue weighted by Gasteiger charge is 2.36. The molecule has 18 heavy (non-hydrogen) atoms. The molecule has 1 atom stereocenters. The number of alkyl halides is 1. The van der Waals surface area contributed by atoms with E-state index in [1.165, 1.54) is 4.90 Å². The molecule has 2 rings (SSSR count). The summed E-state index contributed by atoms with van der Waals surface area (Å²) in [4.78, 5) is 13.0. The van der Waals surface area contributed by atoms with Crippen molar-refractivity contribution in [1.82, 2.24) is 4.90 Å². The third-order valence-corrected chi connectivity index (χ3v) is 2.98. The quantitative estimate of drug-likeness (QED) is 0.840. The van der Waals surface area contributed by atoms with Gasteiger partial charge in [-0.25, -0.2) is 4.79 Å². The standard InChI is InChI=1S/C12H15ClN2O3/c1-12(7-13)17-9-5-4-8(6-10(9)18-12)14-11(16)15(2)3/h4-6H,7H2,1-3H3,(H,14,16). The molecule has 1 aromatic rings. The van der Waals surface area contributed by atoms with Gasteiger partial charge in [0.25, 0.3) is 5.79 Å². The van der Waals surface area contributed by atoms with E-state index in [2.05, 4.69) is 5.32 Å². The first-order valence-electron chi connectivity index (χ1n) is 5.50. The monoisotopic (exact) mass is 270 g/mol. The van der Waals surface area contributed by atoms with Gasteiger partial charge in [0.1, 0.15) is 0 Å². The number of halogens is 1. The van der Waals surface area contributed by atoms with Crippen LogP contribution in [0.3, 0.4) is 0 Å². The molecule has 0 saturated heterocycles. The van der Waals surface area contributed by atoms with E-state index in [0.717, 1.165) is 0 Å². The molecule has 0 bridgehead atoms. The van der Waals surface area contributed by atoms with Crippen LogP contribution in [0.1, 0.15) is 6.92 Å². The fourth-order valence-corrected chi connectivity index (χ4v) is 1.63. The Hall–Kier alpha value is -1.62. The smallest absolute Gasteiger partial charge is 0.321 e. The number of urea groups is 1. The van der Waals surface area contributed by atoms with E-state index in [4.69, 9.17) is 21.1 Å². The van der Waals surface area contributed by atoms with Crippen molar-refractivity contribution in [2.24, 2.45) is 0 Å². The minimum absolute atomic E-state index is 0.200. The lowest BCUT2D eigenvalue weighted by Crippen LogP contribution is -2.36. The number of hydrogen-bond donors (Lipinski definition) is 1. The minimum atomic E-state index is -0.839. The normalized spacial score (nSPS) is 20.7. The number of hydrogen-bond acceptors (Lipinski definition) is 3. The molecule has 0 radical (unpaired) electrons. The van der Waals surface area contributed by atoms with Crippen molar-refractivity contribution in [2.45, 2.75) is 12.7 Å². The Labute approximate surface area is 111 Å². The van der Waals surface area contributed by atoms with Crippen molar-refractivity contribution in [2.75, 3.05) is 25.3 Å². The number of benzene rings is 1. The van der Waals surface area contributed by atoms with Crippen LogP contribution in [0.4, 0.5) is 10.5 Å². The topological polar surface area (TPSA) is 50.8 Å². The zero-order valence-corrected chi connectivity index (χ0v) is 11.2. The molecule has 5 nitrogen and oxygen atoms in total. The van der Waals surface area contributed by atoms with Gasteiger partial charge >= 0.3 is 6.03 Å². The number of nitrogens with zero attached hydrogens (tertiary/aromatic N) is 1. The zero-order valence-electron chi connectivity index (χ0n) is 10.5. The highest BCUT2D eigenvalue weighted by Crippen LogP contribution is 2.41. The van der Waals surface area contributed by atoms with E-state index < -0.39 is 5.79 Å². The highest BCUT2D eigenvalue weighted by molar-refractivity contribution is 6.18. The average Bonchev–Trinajstić information content (AvgIpc) is 2.65. The number of nitrogens with one attached hydrogen (secondary N) is 1. The van der Waals surface area contributed by atoms with Crippen LogP contribution in [0.2, 0.25) is 0 Å². The van der Waals surface area contributed by atoms with Gasteiger partial charge in [-0.05, 0) is 12.1 Å². The molecule has 0 fully saturated rings. The van der Waals surface area contributed by atoms with Crippen molar-refractivity contribution < 1.29 is 14.3 Å². The lowest BCUT2D eigenvalue weighted by Gasteiger charge is -2.19. The van der Waals surface area contributed by atoms with Crippen LogP contribution in [0.5, 0.6) is 11.5 Å². The number of rotatable bonds is 2. The van der Waals surface area contributed by atoms with E-state index in [-0.39, 0.29) is 11.9 Å². The summed E-state index contributed by atoms with van der Waals surface area (Å²) in [6, 6.07) is 5.02. The Kier molecular flexibility index (Phi) is 3.26. The molecule has 0 spiro atoms. The largest absolute Gasteiger partial charge is 0.447 e. The fraction of sp³-hybridized carbons (Fsp3) is 0.417. The Bertz CT molecular complexity index is 478. The number of amides is 2. The maximum atomic E-state index is 11.5. The minimum Gasteiger partial charge on any atom is -0.447 e. The highest BCUT2D eigenvalue weighted by atomic mass is 35.5. The van der Waals surface area contributed by atoms with E-state index in [1.54, 1.807) is 39.2 Å². The van der Waals surface area contributed by atoms with Crippen LogP contribution in [0.15, 0.2) is 18.2 Å². The van der Waals surface area contributed by atoms with Crippen LogP contribution in [-0.4, -0.2) is 36.7 Å². The molecule has 0 saturated carbocycles. The van der Waals surface area contributed by atoms with Gasteiger partial charge in [-0.1, -0.05) is 0 Å². The van der Waals surface area contributed by atoms with Crippen molar-refractivity contribution in [1.29, 1.82) is 0 Å². The maximum Gasteiger partial charge on any atom is 0.321 e. The number of carbonyl (C=O) groups is 1. The second-order valence-electron chi connectivity index (χ2n) is 4.46. The van der Waals surface area contributed by atoms with Crippen LogP contribution < -0.4 is 14.8 Å². The summed E-state index contributed by atoms with van der Waals surface area (Å²) in [5.41, 5.74) is 0.648. The number of anilines is 1. The van der Waals surface area contributed by atoms with Gasteiger partial charge in [0.05, 0.1) is 5.88 Å². The van der Waals surface area contributed by atoms with Gasteiger partial charge in [-0.15, -0.1) is 11.6 Å². The van der Waals surface area contributed by atoms with Crippen molar-refractivity contribution >= 4 is 23.3 Å². The lowest BCUT2D eigenvalue weighted by atomic mass is 10.3. The first kappa shape index (κ1) is 12.8. The Balaban J connectivity index is 2.16. The van der Waals surface area contributed by atoms with Crippen LogP contribution in [0.25, 0.3) is 0 Å². The molecular formula is C12H15ClN2O3. The van der Waals surface area contributed by atoms with Crippen molar-refractivity contribution in [3.05, 3.63) is 18.2 Å². The Morgan fingerprint density at radius 3 is 2.67 bits per heavy atom. The van der Waals surface area contributed by atoms with Gasteiger partial charge in [0, 0.05) is 32.8 Å².